The highest BCUT2D eigenvalue weighted by Crippen LogP contribution is 2.35. The summed E-state index contributed by atoms with van der Waals surface area (Å²) in [6.07, 6.45) is 2.18. The Hall–Kier alpha value is -13.2. The molecule has 0 aliphatic carbocycles. The fourth-order valence-corrected chi connectivity index (χ4v) is 12.0. The highest BCUT2D eigenvalue weighted by Gasteiger charge is 2.26. The van der Waals surface area contributed by atoms with Crippen LogP contribution in [0.4, 0.5) is 28.8 Å². The molecule has 0 fully saturated rings. The van der Waals surface area contributed by atoms with Crippen molar-refractivity contribution in [3.8, 4) is 48.0 Å². The Bertz CT molecular complexity index is 5390. The molecule has 3 aliphatic heterocycles. The zero-order valence-corrected chi connectivity index (χ0v) is 58.2. The largest absolute Gasteiger partial charge is 0.482 e. The van der Waals surface area contributed by atoms with Crippen LogP contribution in [0.5, 0.6) is 17.9 Å². The number of benzene rings is 7. The van der Waals surface area contributed by atoms with E-state index < -0.39 is 5.91 Å². The van der Waals surface area contributed by atoms with Gasteiger partial charge in [0.15, 0.2) is 0 Å². The number of ether oxygens (including phenoxy) is 6. The lowest BCUT2D eigenvalue weighted by atomic mass is 10.1. The number of rotatable bonds is 15. The van der Waals surface area contributed by atoms with Crippen LogP contribution in [-0.4, -0.2) is 101 Å². The Kier molecular flexibility index (Phi) is 23.2. The van der Waals surface area contributed by atoms with Crippen LogP contribution in [0.15, 0.2) is 170 Å². The smallest absolute Gasteiger partial charge is 0.304 e. The number of nitrogens with one attached hydrogen (secondary N) is 4. The fraction of sp³-hybridized carbons (Fsp3) is 0.195. The van der Waals surface area contributed by atoms with Gasteiger partial charge in [-0.3, -0.25) is 4.79 Å². The number of nitrogens with zero attached hydrogens (tertiary/aromatic N) is 13. The lowest BCUT2D eigenvalue weighted by molar-refractivity contribution is 0.100. The summed E-state index contributed by atoms with van der Waals surface area (Å²) >= 11 is 5.96. The predicted molar refractivity (Wildman–Crippen MR) is 398 cm³/mol. The monoisotopic (exact) mass is 1420 g/mol. The Morgan fingerprint density at radius 2 is 1.00 bits per heavy atom. The van der Waals surface area contributed by atoms with Crippen molar-refractivity contribution in [2.75, 3.05) is 68.6 Å². The van der Waals surface area contributed by atoms with Gasteiger partial charge in [-0.15, -0.1) is 0 Å². The third kappa shape index (κ3) is 16.7. The summed E-state index contributed by atoms with van der Waals surface area (Å²) in [5.74, 6) is 3.17. The normalized spacial score (nSPS) is 12.4. The van der Waals surface area contributed by atoms with Gasteiger partial charge in [0.1, 0.15) is 46.7 Å². The standard InChI is InChI=1S/C24H23N5O3.C23H20N6O2.C14H14ClN3O.C9H7N3O.C7H7N3/c1-31-21-12-17-16(22(25)30)8-5-9-20(17)29(21)24-27-19-10-11-32-14-18(19)23(28-24)26-13-15-6-3-2-4-7-15;1-30-23-27-20-16(12-24)8-5-9-19(20)29(23)22-26-18-10-11-31-14-17(18)21(28-22)25-13-15-6-3-2-4-7-15;15-14-17-12-6-7-19-9-11(12)13(18-14)16-8-10-4-2-1-3-5-10;1-13-9-11-7-4-2-3-6(5-10)8(7)12-9;8-4-5-2-1-3-6(9)7(5)10/h2-9,12H,10-11,13-14H2,1H3,(H2,25,30)(H,26,27,28);2-9H,10-11,13-14H2,1H3,(H,25,26,28);1-5H,6-9H2,(H,16,17,18);2-4H,1H3,(H,11,12);1-3H,9-10H2. The van der Waals surface area contributed by atoms with Crippen LogP contribution < -0.4 is 47.4 Å². The number of hydrogen-bond donors (Lipinski definition) is 7. The molecular formula is C77H71ClN20O7. The van der Waals surface area contributed by atoms with Gasteiger partial charge in [0, 0.05) is 72.6 Å². The molecule has 7 aromatic carbocycles. The molecule has 9 heterocycles. The summed E-state index contributed by atoms with van der Waals surface area (Å²) in [6.45, 7) is 5.35. The van der Waals surface area contributed by atoms with Gasteiger partial charge >= 0.3 is 6.01 Å². The van der Waals surface area contributed by atoms with E-state index in [9.17, 15) is 10.1 Å². The van der Waals surface area contributed by atoms with Gasteiger partial charge in [-0.1, -0.05) is 115 Å². The zero-order chi connectivity index (χ0) is 73.2. The number of methoxy groups -OCH3 is 3. The van der Waals surface area contributed by atoms with E-state index in [2.05, 4.69) is 89.4 Å². The number of nitrogens with two attached hydrogens (primary N) is 3. The molecule has 0 saturated carbocycles. The van der Waals surface area contributed by atoms with E-state index in [4.69, 9.17) is 87.7 Å². The first kappa shape index (κ1) is 71.6. The fourth-order valence-electron chi connectivity index (χ4n) is 11.8. The summed E-state index contributed by atoms with van der Waals surface area (Å²) in [5.41, 5.74) is 32.0. The quantitative estimate of drug-likeness (QED) is 0.0370. The first-order valence-electron chi connectivity index (χ1n) is 33.2. The number of hydrogen-bond acceptors (Lipinski definition) is 23. The Balaban J connectivity index is 0.000000131. The van der Waals surface area contributed by atoms with Crippen molar-refractivity contribution in [3.05, 3.63) is 248 Å². The first-order chi connectivity index (χ1) is 51.4. The van der Waals surface area contributed by atoms with Crippen LogP contribution in [0.3, 0.4) is 0 Å². The highest BCUT2D eigenvalue weighted by atomic mass is 35.5. The molecule has 528 valence electrons. The minimum Gasteiger partial charge on any atom is -0.482 e. The second-order valence-electron chi connectivity index (χ2n) is 23.6. The van der Waals surface area contributed by atoms with E-state index in [1.165, 1.54) is 12.7 Å². The van der Waals surface area contributed by atoms with Gasteiger partial charge in [0.25, 0.3) is 6.01 Å². The average molecular weight is 1420 g/mol. The molecule has 105 heavy (non-hydrogen) atoms. The number of H-pyrrole nitrogens is 1. The van der Waals surface area contributed by atoms with E-state index in [0.29, 0.717) is 152 Å². The maximum Gasteiger partial charge on any atom is 0.304 e. The van der Waals surface area contributed by atoms with Gasteiger partial charge in [-0.2, -0.15) is 35.7 Å². The average Bonchev–Trinajstić information content (AvgIpc) is 1.63. The minimum absolute atomic E-state index is 0.288. The van der Waals surface area contributed by atoms with E-state index in [0.717, 1.165) is 85.3 Å². The molecule has 16 rings (SSSR count). The van der Waals surface area contributed by atoms with Gasteiger partial charge in [-0.25, -0.2) is 29.1 Å². The number of carbonyl (C=O) groups is 1. The molecule has 0 bridgehead atoms. The van der Waals surface area contributed by atoms with Crippen LogP contribution in [-0.2, 0) is 72.9 Å². The number of aromatic amines is 1. The summed E-state index contributed by atoms with van der Waals surface area (Å²) in [5, 5.41) is 37.9. The van der Waals surface area contributed by atoms with Crippen LogP contribution in [0.25, 0.3) is 44.9 Å². The molecule has 0 spiro atoms. The maximum absolute atomic E-state index is 11.9. The van der Waals surface area contributed by atoms with Crippen LogP contribution in [0.2, 0.25) is 5.28 Å². The second kappa shape index (κ2) is 34.0. The summed E-state index contributed by atoms with van der Waals surface area (Å²) in [4.78, 5) is 51.3. The van der Waals surface area contributed by atoms with Gasteiger partial charge in [0.05, 0.1) is 123 Å². The molecule has 13 aromatic rings. The van der Waals surface area contributed by atoms with E-state index in [1.54, 1.807) is 73.4 Å². The number of imidazole rings is 2. The maximum atomic E-state index is 11.9. The number of primary amides is 1. The van der Waals surface area contributed by atoms with Crippen molar-refractivity contribution in [2.24, 2.45) is 5.73 Å². The third-order valence-corrected chi connectivity index (χ3v) is 17.2. The van der Waals surface area contributed by atoms with Crippen molar-refractivity contribution in [2.45, 2.75) is 58.7 Å². The Morgan fingerprint density at radius 1 is 0.524 bits per heavy atom. The van der Waals surface area contributed by atoms with Gasteiger partial charge in [0.2, 0.25) is 29.0 Å². The number of fused-ring (bicyclic) bond motifs is 6. The molecule has 6 aromatic heterocycles. The number of carbonyl (C=O) groups excluding carboxylic acids is 1. The molecule has 0 unspecified atom stereocenters. The van der Waals surface area contributed by atoms with Crippen LogP contribution >= 0.6 is 11.6 Å². The number of halogens is 1. The van der Waals surface area contributed by atoms with Crippen molar-refractivity contribution in [1.29, 1.82) is 15.8 Å². The molecule has 0 radical (unpaired) electrons. The first-order valence-corrected chi connectivity index (χ1v) is 33.6. The van der Waals surface area contributed by atoms with Crippen molar-refractivity contribution in [1.82, 2.24) is 54.0 Å². The number of amides is 1. The molecule has 28 heteroatoms. The van der Waals surface area contributed by atoms with E-state index >= 15 is 0 Å². The lowest BCUT2D eigenvalue weighted by Gasteiger charge is -2.21. The molecule has 10 N–H and O–H groups in total. The molecular weight excluding hydrogens is 1350 g/mol. The molecule has 3 aliphatic rings. The van der Waals surface area contributed by atoms with E-state index in [-0.39, 0.29) is 5.28 Å². The second-order valence-corrected chi connectivity index (χ2v) is 23.9. The van der Waals surface area contributed by atoms with E-state index in [1.807, 2.05) is 89.5 Å². The summed E-state index contributed by atoms with van der Waals surface area (Å²) < 4.78 is 36.4. The van der Waals surface area contributed by atoms with Crippen molar-refractivity contribution < 1.29 is 33.2 Å². The number of nitriles is 3. The predicted octanol–water partition coefficient (Wildman–Crippen LogP) is 11.6. The molecule has 27 nitrogen and oxygen atoms in total. The number of aromatic nitrogens is 11. The third-order valence-electron chi connectivity index (χ3n) is 17.0. The van der Waals surface area contributed by atoms with Crippen LogP contribution in [0, 0.1) is 34.0 Å². The van der Waals surface area contributed by atoms with Gasteiger partial charge < -0.3 is 66.6 Å². The zero-order valence-electron chi connectivity index (χ0n) is 57.4. The number of anilines is 5. The Morgan fingerprint density at radius 3 is 1.50 bits per heavy atom. The molecule has 0 saturated heterocycles. The van der Waals surface area contributed by atoms with Crippen LogP contribution in [0.1, 0.15) is 77.5 Å². The summed E-state index contributed by atoms with van der Waals surface area (Å²) in [6, 6.07) is 60.4. The topological polar surface area (TPSA) is 387 Å². The van der Waals surface area contributed by atoms with Crippen molar-refractivity contribution >= 4 is 79.3 Å². The minimum atomic E-state index is -0.496. The SMILES string of the molecule is COc1cc2c(C(N)=O)cccc2n1-c1nc2c(c(NCc3ccccc3)n1)COCC2.COc1nc2c(C#N)cccc2[nH]1.COc1nc2c(C#N)cccc2n1-c1nc2c(c(NCc3ccccc3)n1)COCC2.Clc1nc2c(c(NCc3ccccc3)n1)COCC2.N#Cc1cccc(N)c1N. The van der Waals surface area contributed by atoms with Gasteiger partial charge in [-0.05, 0) is 76.8 Å². The highest BCUT2D eigenvalue weighted by molar-refractivity contribution is 6.28. The number of nitrogen functional groups attached to an aromatic ring is 2. The molecule has 1 amide bonds. The Labute approximate surface area is 608 Å². The van der Waals surface area contributed by atoms with Crippen molar-refractivity contribution in [3.63, 3.8) is 0 Å². The lowest BCUT2D eigenvalue weighted by Crippen LogP contribution is -2.19. The summed E-state index contributed by atoms with van der Waals surface area (Å²) in [7, 11) is 4.66. The molecule has 0 atom stereocenters. The number of para-hydroxylation sites is 3.